The molecule has 0 saturated heterocycles. The zero-order valence-corrected chi connectivity index (χ0v) is 11.1. The first-order valence-electron chi connectivity index (χ1n) is 5.68. The Morgan fingerprint density at radius 1 is 1.00 bits per heavy atom. The number of nitrogens with one attached hydrogen (secondary N) is 1. The van der Waals surface area contributed by atoms with Crippen molar-refractivity contribution >= 4 is 17.6 Å². The molecule has 6 heteroatoms. The highest BCUT2D eigenvalue weighted by molar-refractivity contribution is 7.98. The van der Waals surface area contributed by atoms with Crippen molar-refractivity contribution in [2.24, 2.45) is 5.73 Å². The van der Waals surface area contributed by atoms with Gasteiger partial charge in [-0.15, -0.1) is 11.8 Å². The first-order valence-corrected chi connectivity index (χ1v) is 6.66. The van der Waals surface area contributed by atoms with Gasteiger partial charge in [0.15, 0.2) is 11.6 Å². The summed E-state index contributed by atoms with van der Waals surface area (Å²) in [6.45, 7) is 0. The van der Waals surface area contributed by atoms with Crippen molar-refractivity contribution in [3.8, 4) is 0 Å². The van der Waals surface area contributed by atoms with Gasteiger partial charge in [-0.05, 0) is 29.8 Å². The Hall–Kier alpha value is -1.95. The number of hydrogen-bond acceptors (Lipinski definition) is 2. The zero-order valence-electron chi connectivity index (χ0n) is 10.3. The van der Waals surface area contributed by atoms with Crippen LogP contribution in [0.15, 0.2) is 41.3 Å². The molecular weight excluding hydrogens is 285 g/mol. The van der Waals surface area contributed by atoms with E-state index in [2.05, 4.69) is 0 Å². The summed E-state index contributed by atoms with van der Waals surface area (Å²) in [7, 11) is 0. The van der Waals surface area contributed by atoms with Crippen LogP contribution >= 0.6 is 11.8 Å². The Balaban J connectivity index is 2.10. The Morgan fingerprint density at radius 3 is 2.35 bits per heavy atom. The van der Waals surface area contributed by atoms with Crippen LogP contribution in [0.1, 0.15) is 11.1 Å². The van der Waals surface area contributed by atoms with Crippen LogP contribution in [0.2, 0.25) is 0 Å². The maximum atomic E-state index is 13.8. The summed E-state index contributed by atoms with van der Waals surface area (Å²) < 4.78 is 39.6. The molecule has 20 heavy (non-hydrogen) atoms. The lowest BCUT2D eigenvalue weighted by atomic mass is 10.1. The van der Waals surface area contributed by atoms with E-state index in [9.17, 15) is 13.2 Å². The Kier molecular flexibility index (Phi) is 4.34. The lowest BCUT2D eigenvalue weighted by Gasteiger charge is -2.06. The van der Waals surface area contributed by atoms with Crippen molar-refractivity contribution in [3.05, 3.63) is 65.0 Å². The predicted octanol–water partition coefficient (Wildman–Crippen LogP) is 3.68. The topological polar surface area (TPSA) is 49.9 Å². The number of amidine groups is 1. The van der Waals surface area contributed by atoms with Crippen LogP contribution in [-0.2, 0) is 5.75 Å². The van der Waals surface area contributed by atoms with Crippen molar-refractivity contribution in [1.82, 2.24) is 0 Å². The van der Waals surface area contributed by atoms with E-state index < -0.39 is 17.5 Å². The SMILES string of the molecule is N=C(N)c1ccc(CSc2ccc(F)c(F)c2)c(F)c1. The van der Waals surface area contributed by atoms with Crippen LogP contribution in [-0.4, -0.2) is 5.84 Å². The molecule has 104 valence electrons. The standard InChI is InChI=1S/C14H11F3N2S/c15-11-4-3-10(6-13(11)17)20-7-9-2-1-8(14(18)19)5-12(9)16/h1-6H,7H2,(H3,18,19). The van der Waals surface area contributed by atoms with E-state index in [0.717, 1.165) is 12.1 Å². The molecule has 0 aliphatic rings. The van der Waals surface area contributed by atoms with Crippen molar-refractivity contribution in [2.75, 3.05) is 0 Å². The zero-order chi connectivity index (χ0) is 14.7. The molecule has 0 saturated carbocycles. The fraction of sp³-hybridized carbons (Fsp3) is 0.0714. The highest BCUT2D eigenvalue weighted by Crippen LogP contribution is 2.25. The molecule has 0 aliphatic carbocycles. The Bertz CT molecular complexity index is 659. The van der Waals surface area contributed by atoms with E-state index in [1.807, 2.05) is 0 Å². The highest BCUT2D eigenvalue weighted by atomic mass is 32.2. The summed E-state index contributed by atoms with van der Waals surface area (Å²) >= 11 is 1.19. The largest absolute Gasteiger partial charge is 0.384 e. The van der Waals surface area contributed by atoms with Crippen LogP contribution in [0.25, 0.3) is 0 Å². The molecule has 2 aromatic rings. The number of nitrogen functional groups attached to an aromatic ring is 1. The smallest absolute Gasteiger partial charge is 0.159 e. The molecule has 0 spiro atoms. The monoisotopic (exact) mass is 296 g/mol. The van der Waals surface area contributed by atoms with Gasteiger partial charge in [-0.3, -0.25) is 5.41 Å². The average molecular weight is 296 g/mol. The van der Waals surface area contributed by atoms with Crippen LogP contribution in [0.5, 0.6) is 0 Å². The van der Waals surface area contributed by atoms with Crippen molar-refractivity contribution in [3.63, 3.8) is 0 Å². The average Bonchev–Trinajstić information content (AvgIpc) is 2.41. The van der Waals surface area contributed by atoms with Gasteiger partial charge in [0.2, 0.25) is 0 Å². The molecular formula is C14H11F3N2S. The van der Waals surface area contributed by atoms with Gasteiger partial charge >= 0.3 is 0 Å². The van der Waals surface area contributed by atoms with E-state index in [4.69, 9.17) is 11.1 Å². The summed E-state index contributed by atoms with van der Waals surface area (Å²) in [5.41, 5.74) is 5.98. The van der Waals surface area contributed by atoms with Gasteiger partial charge in [-0.2, -0.15) is 0 Å². The van der Waals surface area contributed by atoms with Crippen LogP contribution in [0, 0.1) is 22.9 Å². The summed E-state index contributed by atoms with van der Waals surface area (Å²) in [6.07, 6.45) is 0. The van der Waals surface area contributed by atoms with Gasteiger partial charge < -0.3 is 5.73 Å². The molecule has 0 unspecified atom stereocenters. The normalized spacial score (nSPS) is 10.6. The Morgan fingerprint density at radius 2 is 1.75 bits per heavy atom. The molecule has 0 aliphatic heterocycles. The highest BCUT2D eigenvalue weighted by Gasteiger charge is 2.07. The minimum atomic E-state index is -0.928. The van der Waals surface area contributed by atoms with Gasteiger partial charge in [0.05, 0.1) is 0 Å². The fourth-order valence-electron chi connectivity index (χ4n) is 1.56. The number of benzene rings is 2. The van der Waals surface area contributed by atoms with Crippen molar-refractivity contribution in [1.29, 1.82) is 5.41 Å². The van der Waals surface area contributed by atoms with Crippen LogP contribution in [0.4, 0.5) is 13.2 Å². The van der Waals surface area contributed by atoms with E-state index >= 15 is 0 Å². The van der Waals surface area contributed by atoms with E-state index in [-0.39, 0.29) is 11.6 Å². The quantitative estimate of drug-likeness (QED) is 0.513. The lowest BCUT2D eigenvalue weighted by Crippen LogP contribution is -2.11. The minimum absolute atomic E-state index is 0.205. The maximum absolute atomic E-state index is 13.8. The number of thioether (sulfide) groups is 1. The number of halogens is 3. The molecule has 2 rings (SSSR count). The second-order valence-electron chi connectivity index (χ2n) is 4.08. The van der Waals surface area contributed by atoms with E-state index in [0.29, 0.717) is 16.0 Å². The first kappa shape index (κ1) is 14.5. The molecule has 0 fully saturated rings. The van der Waals surface area contributed by atoms with Gasteiger partial charge in [-0.25, -0.2) is 13.2 Å². The number of hydrogen-bond donors (Lipinski definition) is 2. The molecule has 0 atom stereocenters. The fourth-order valence-corrected chi connectivity index (χ4v) is 2.47. The minimum Gasteiger partial charge on any atom is -0.384 e. The third-order valence-electron chi connectivity index (χ3n) is 2.65. The van der Waals surface area contributed by atoms with Gasteiger partial charge in [0.25, 0.3) is 0 Å². The van der Waals surface area contributed by atoms with Gasteiger partial charge in [0, 0.05) is 16.2 Å². The third kappa shape index (κ3) is 3.33. The van der Waals surface area contributed by atoms with Gasteiger partial charge in [-0.1, -0.05) is 12.1 Å². The van der Waals surface area contributed by atoms with Crippen LogP contribution in [0.3, 0.4) is 0 Å². The number of rotatable bonds is 4. The molecule has 0 amide bonds. The van der Waals surface area contributed by atoms with Crippen molar-refractivity contribution < 1.29 is 13.2 Å². The van der Waals surface area contributed by atoms with Crippen molar-refractivity contribution in [2.45, 2.75) is 10.6 Å². The third-order valence-corrected chi connectivity index (χ3v) is 3.69. The summed E-state index contributed by atoms with van der Waals surface area (Å²) in [4.78, 5) is 0.513. The van der Waals surface area contributed by atoms with E-state index in [1.54, 1.807) is 6.07 Å². The Labute approximate surface area is 118 Å². The molecule has 0 bridgehead atoms. The summed E-state index contributed by atoms with van der Waals surface area (Å²) in [5, 5.41) is 7.21. The second kappa shape index (κ2) is 6.00. The molecule has 0 heterocycles. The molecule has 0 aromatic heterocycles. The molecule has 2 aromatic carbocycles. The molecule has 2 nitrogen and oxygen atoms in total. The molecule has 0 radical (unpaired) electrons. The van der Waals surface area contributed by atoms with Crippen LogP contribution < -0.4 is 5.73 Å². The second-order valence-corrected chi connectivity index (χ2v) is 5.13. The molecule has 3 N–H and O–H groups in total. The lowest BCUT2D eigenvalue weighted by molar-refractivity contribution is 0.506. The maximum Gasteiger partial charge on any atom is 0.159 e. The first-order chi connectivity index (χ1) is 9.47. The van der Waals surface area contributed by atoms with Gasteiger partial charge in [0.1, 0.15) is 11.7 Å². The summed E-state index contributed by atoms with van der Waals surface area (Å²) in [6, 6.07) is 7.80. The summed E-state index contributed by atoms with van der Waals surface area (Å²) in [5.74, 6) is -2.25. The number of nitrogens with two attached hydrogens (primary N) is 1. The van der Waals surface area contributed by atoms with E-state index in [1.165, 1.54) is 30.0 Å². The predicted molar refractivity (Wildman–Crippen MR) is 73.3 cm³/mol.